The summed E-state index contributed by atoms with van der Waals surface area (Å²) in [5.41, 5.74) is 2.08. The van der Waals surface area contributed by atoms with Crippen LogP contribution in [0.25, 0.3) is 11.3 Å². The van der Waals surface area contributed by atoms with Crippen molar-refractivity contribution >= 4 is 0 Å². The van der Waals surface area contributed by atoms with E-state index in [4.69, 9.17) is 9.47 Å². The van der Waals surface area contributed by atoms with E-state index in [0.29, 0.717) is 5.82 Å². The summed E-state index contributed by atoms with van der Waals surface area (Å²) in [6.07, 6.45) is 0. The lowest BCUT2D eigenvalue weighted by molar-refractivity contribution is 0.174. The van der Waals surface area contributed by atoms with E-state index in [1.165, 1.54) is 0 Å². The Labute approximate surface area is 117 Å². The lowest BCUT2D eigenvalue weighted by Gasteiger charge is -2.10. The number of aromatic nitrogens is 2. The third kappa shape index (κ3) is 1.90. The van der Waals surface area contributed by atoms with E-state index >= 15 is 0 Å². The van der Waals surface area contributed by atoms with Crippen LogP contribution < -0.4 is 9.47 Å². The van der Waals surface area contributed by atoms with E-state index in [-0.39, 0.29) is 6.79 Å². The molecule has 102 valence electrons. The van der Waals surface area contributed by atoms with Crippen LogP contribution >= 0.6 is 0 Å². The van der Waals surface area contributed by atoms with Gasteiger partial charge in [-0.1, -0.05) is 0 Å². The third-order valence-corrected chi connectivity index (χ3v) is 3.40. The Morgan fingerprint density at radius 2 is 2.05 bits per heavy atom. The summed E-state index contributed by atoms with van der Waals surface area (Å²) < 4.78 is 10.7. The second kappa shape index (κ2) is 4.27. The first kappa shape index (κ1) is 12.5. The first-order valence-corrected chi connectivity index (χ1v) is 6.39. The van der Waals surface area contributed by atoms with E-state index < -0.39 is 5.41 Å². The fourth-order valence-electron chi connectivity index (χ4n) is 2.13. The van der Waals surface area contributed by atoms with Crippen LogP contribution in [0.15, 0.2) is 18.2 Å². The average Bonchev–Trinajstić information content (AvgIpc) is 3.04. The molecule has 1 aliphatic rings. The Morgan fingerprint density at radius 1 is 1.30 bits per heavy atom. The lowest BCUT2D eigenvalue weighted by atomic mass is 9.95. The minimum Gasteiger partial charge on any atom is -0.454 e. The highest BCUT2D eigenvalue weighted by molar-refractivity contribution is 5.66. The molecule has 2 heterocycles. The standard InChI is InChI=1S/C15H15N3O2/c1-9-13(18-14(17-9)15(2,3)7-16)10-4-5-11-12(6-10)20-8-19-11/h4-6H,8H2,1-3H3,(H,17,18). The molecular formula is C15H15N3O2. The fourth-order valence-corrected chi connectivity index (χ4v) is 2.13. The van der Waals surface area contributed by atoms with E-state index in [9.17, 15) is 5.26 Å². The number of benzene rings is 1. The van der Waals surface area contributed by atoms with Crippen LogP contribution in [0.1, 0.15) is 25.4 Å². The van der Waals surface area contributed by atoms with Crippen LogP contribution in [-0.4, -0.2) is 16.8 Å². The van der Waals surface area contributed by atoms with Gasteiger partial charge in [-0.2, -0.15) is 5.26 Å². The average molecular weight is 269 g/mol. The zero-order valence-electron chi connectivity index (χ0n) is 11.7. The number of aryl methyl sites for hydroxylation is 1. The number of nitriles is 1. The number of nitrogens with zero attached hydrogens (tertiary/aromatic N) is 2. The van der Waals surface area contributed by atoms with Crippen LogP contribution in [0.4, 0.5) is 0 Å². The third-order valence-electron chi connectivity index (χ3n) is 3.40. The maximum absolute atomic E-state index is 9.20. The number of H-pyrrole nitrogens is 1. The number of aromatic amines is 1. The summed E-state index contributed by atoms with van der Waals surface area (Å²) in [7, 11) is 0. The van der Waals surface area contributed by atoms with Crippen LogP contribution in [0, 0.1) is 18.3 Å². The van der Waals surface area contributed by atoms with Crippen molar-refractivity contribution in [3.05, 3.63) is 29.7 Å². The van der Waals surface area contributed by atoms with Gasteiger partial charge in [-0.15, -0.1) is 0 Å². The topological polar surface area (TPSA) is 70.9 Å². The molecule has 5 heteroatoms. The van der Waals surface area contributed by atoms with Crippen molar-refractivity contribution in [1.82, 2.24) is 9.97 Å². The van der Waals surface area contributed by atoms with Crippen molar-refractivity contribution in [3.63, 3.8) is 0 Å². The highest BCUT2D eigenvalue weighted by atomic mass is 16.7. The molecule has 0 saturated carbocycles. The van der Waals surface area contributed by atoms with Crippen molar-refractivity contribution < 1.29 is 9.47 Å². The Morgan fingerprint density at radius 3 is 2.80 bits per heavy atom. The minimum absolute atomic E-state index is 0.255. The van der Waals surface area contributed by atoms with Crippen LogP contribution in [0.5, 0.6) is 11.5 Å². The normalized spacial score (nSPS) is 13.3. The summed E-state index contributed by atoms with van der Waals surface area (Å²) in [6.45, 7) is 5.89. The molecule has 0 radical (unpaired) electrons. The Hall–Kier alpha value is -2.48. The molecule has 0 aliphatic carbocycles. The van der Waals surface area contributed by atoms with Gasteiger partial charge in [0.05, 0.1) is 11.8 Å². The molecule has 0 saturated heterocycles. The van der Waals surface area contributed by atoms with Gasteiger partial charge >= 0.3 is 0 Å². The summed E-state index contributed by atoms with van der Waals surface area (Å²) in [5, 5.41) is 9.20. The highest BCUT2D eigenvalue weighted by Gasteiger charge is 2.25. The molecule has 1 aromatic heterocycles. The molecule has 2 aromatic rings. The number of imidazole rings is 1. The zero-order valence-corrected chi connectivity index (χ0v) is 11.7. The summed E-state index contributed by atoms with van der Waals surface area (Å²) in [4.78, 5) is 7.77. The molecule has 1 aromatic carbocycles. The molecule has 0 amide bonds. The molecule has 0 atom stereocenters. The van der Waals surface area contributed by atoms with Crippen LogP contribution in [-0.2, 0) is 5.41 Å². The molecular weight excluding hydrogens is 254 g/mol. The van der Waals surface area contributed by atoms with E-state index in [1.807, 2.05) is 39.0 Å². The van der Waals surface area contributed by atoms with E-state index in [0.717, 1.165) is 28.5 Å². The van der Waals surface area contributed by atoms with Crippen LogP contribution in [0.3, 0.4) is 0 Å². The molecule has 0 spiro atoms. The molecule has 20 heavy (non-hydrogen) atoms. The van der Waals surface area contributed by atoms with Gasteiger partial charge in [0.15, 0.2) is 11.5 Å². The molecule has 5 nitrogen and oxygen atoms in total. The Kier molecular flexibility index (Phi) is 2.68. The predicted octanol–water partition coefficient (Wildman–Crippen LogP) is 2.92. The molecule has 0 fully saturated rings. The van der Waals surface area contributed by atoms with Gasteiger partial charge in [-0.05, 0) is 39.0 Å². The first-order chi connectivity index (χ1) is 9.51. The highest BCUT2D eigenvalue weighted by Crippen LogP contribution is 2.36. The van der Waals surface area contributed by atoms with Gasteiger partial charge in [0.2, 0.25) is 6.79 Å². The summed E-state index contributed by atoms with van der Waals surface area (Å²) >= 11 is 0. The quantitative estimate of drug-likeness (QED) is 0.910. The van der Waals surface area contributed by atoms with E-state index in [2.05, 4.69) is 16.0 Å². The second-order valence-corrected chi connectivity index (χ2v) is 5.36. The van der Waals surface area contributed by atoms with Gasteiger partial charge in [0, 0.05) is 11.3 Å². The minimum atomic E-state index is -0.640. The smallest absolute Gasteiger partial charge is 0.231 e. The molecule has 1 N–H and O–H groups in total. The fraction of sp³-hybridized carbons (Fsp3) is 0.333. The molecule has 0 bridgehead atoms. The zero-order chi connectivity index (χ0) is 14.3. The van der Waals surface area contributed by atoms with Gasteiger partial charge in [-0.3, -0.25) is 0 Å². The predicted molar refractivity (Wildman–Crippen MR) is 73.5 cm³/mol. The Balaban J connectivity index is 2.05. The van der Waals surface area contributed by atoms with Gasteiger partial charge in [-0.25, -0.2) is 4.98 Å². The van der Waals surface area contributed by atoms with Gasteiger partial charge in [0.1, 0.15) is 11.2 Å². The van der Waals surface area contributed by atoms with Crippen molar-refractivity contribution in [2.24, 2.45) is 0 Å². The maximum Gasteiger partial charge on any atom is 0.231 e. The number of hydrogen-bond acceptors (Lipinski definition) is 4. The lowest BCUT2D eigenvalue weighted by Crippen LogP contribution is -2.15. The molecule has 1 aliphatic heterocycles. The van der Waals surface area contributed by atoms with Crippen LogP contribution in [0.2, 0.25) is 0 Å². The van der Waals surface area contributed by atoms with Gasteiger partial charge in [0.25, 0.3) is 0 Å². The molecule has 3 rings (SSSR count). The SMILES string of the molecule is Cc1[nH]c(C(C)(C)C#N)nc1-c1ccc2c(c1)OCO2. The number of ether oxygens (including phenoxy) is 2. The maximum atomic E-state index is 9.20. The van der Waals surface area contributed by atoms with E-state index in [1.54, 1.807) is 0 Å². The Bertz CT molecular complexity index is 710. The molecule has 0 unspecified atom stereocenters. The van der Waals surface area contributed by atoms with Crippen molar-refractivity contribution in [1.29, 1.82) is 5.26 Å². The summed E-state index contributed by atoms with van der Waals surface area (Å²) in [5.74, 6) is 2.15. The van der Waals surface area contributed by atoms with Crippen molar-refractivity contribution in [2.75, 3.05) is 6.79 Å². The van der Waals surface area contributed by atoms with Gasteiger partial charge < -0.3 is 14.5 Å². The van der Waals surface area contributed by atoms with Crippen molar-refractivity contribution in [2.45, 2.75) is 26.2 Å². The number of fused-ring (bicyclic) bond motifs is 1. The number of nitrogens with one attached hydrogen (secondary N) is 1. The largest absolute Gasteiger partial charge is 0.454 e. The number of hydrogen-bond donors (Lipinski definition) is 1. The monoisotopic (exact) mass is 269 g/mol. The number of rotatable bonds is 2. The van der Waals surface area contributed by atoms with Crippen molar-refractivity contribution in [3.8, 4) is 28.8 Å². The first-order valence-electron chi connectivity index (χ1n) is 6.39. The second-order valence-electron chi connectivity index (χ2n) is 5.36. The summed E-state index contributed by atoms with van der Waals surface area (Å²) in [6, 6.07) is 7.98.